The second-order valence-corrected chi connectivity index (χ2v) is 5.89. The quantitative estimate of drug-likeness (QED) is 0.460. The molecule has 1 fully saturated rings. The minimum Gasteiger partial charge on any atom is -0.492 e. The molecular formula is C17H25NO7. The van der Waals surface area contributed by atoms with E-state index in [9.17, 15) is 25.2 Å². The summed E-state index contributed by atoms with van der Waals surface area (Å²) in [5.41, 5.74) is 0.436. The van der Waals surface area contributed by atoms with Crippen LogP contribution in [0.1, 0.15) is 17.3 Å². The molecule has 0 aromatic heterocycles. The van der Waals surface area contributed by atoms with Gasteiger partial charge in [-0.2, -0.15) is 0 Å². The smallest absolute Gasteiger partial charge is 0.338 e. The lowest BCUT2D eigenvalue weighted by atomic mass is 9.94. The zero-order valence-corrected chi connectivity index (χ0v) is 14.1. The topological polar surface area (TPSA) is 120 Å². The third-order valence-corrected chi connectivity index (χ3v) is 4.23. The van der Waals surface area contributed by atoms with E-state index in [1.807, 2.05) is 0 Å². The summed E-state index contributed by atoms with van der Waals surface area (Å²) in [7, 11) is 0. The van der Waals surface area contributed by atoms with Crippen LogP contribution in [0.3, 0.4) is 0 Å². The van der Waals surface area contributed by atoms with Crippen molar-refractivity contribution in [2.24, 2.45) is 0 Å². The van der Waals surface area contributed by atoms with Gasteiger partial charge in [0.05, 0.1) is 30.9 Å². The number of carbonyl (C=O) groups excluding carboxylic acids is 1. The van der Waals surface area contributed by atoms with Gasteiger partial charge in [0.2, 0.25) is 0 Å². The largest absolute Gasteiger partial charge is 0.492 e. The van der Waals surface area contributed by atoms with Crippen LogP contribution in [-0.4, -0.2) is 88.6 Å². The van der Waals surface area contributed by atoms with Gasteiger partial charge in [0.15, 0.2) is 0 Å². The molecule has 0 bridgehead atoms. The van der Waals surface area contributed by atoms with Gasteiger partial charge in [0, 0.05) is 13.1 Å². The number of benzene rings is 1. The van der Waals surface area contributed by atoms with Crippen molar-refractivity contribution in [3.05, 3.63) is 29.8 Å². The van der Waals surface area contributed by atoms with Crippen molar-refractivity contribution in [1.82, 2.24) is 4.90 Å². The lowest BCUT2D eigenvalue weighted by Gasteiger charge is -2.42. The van der Waals surface area contributed by atoms with Crippen molar-refractivity contribution in [2.45, 2.75) is 31.3 Å². The summed E-state index contributed by atoms with van der Waals surface area (Å²) in [6, 6.07) is 5.86. The maximum Gasteiger partial charge on any atom is 0.338 e. The van der Waals surface area contributed by atoms with Crippen LogP contribution in [0.5, 0.6) is 5.75 Å². The number of esters is 1. The molecule has 4 N–H and O–H groups in total. The van der Waals surface area contributed by atoms with E-state index in [4.69, 9.17) is 9.47 Å². The first-order chi connectivity index (χ1) is 12.0. The van der Waals surface area contributed by atoms with E-state index >= 15 is 0 Å². The molecule has 4 atom stereocenters. The van der Waals surface area contributed by atoms with E-state index in [2.05, 4.69) is 0 Å². The summed E-state index contributed by atoms with van der Waals surface area (Å²) in [5, 5.41) is 38.8. The van der Waals surface area contributed by atoms with Crippen LogP contribution in [0.25, 0.3) is 0 Å². The van der Waals surface area contributed by atoms with Gasteiger partial charge < -0.3 is 29.9 Å². The van der Waals surface area contributed by atoms with Crippen LogP contribution in [0.15, 0.2) is 24.3 Å². The van der Waals surface area contributed by atoms with Crippen LogP contribution >= 0.6 is 0 Å². The van der Waals surface area contributed by atoms with Crippen LogP contribution < -0.4 is 4.74 Å². The third-order valence-electron chi connectivity index (χ3n) is 4.23. The van der Waals surface area contributed by atoms with Gasteiger partial charge in [-0.1, -0.05) is 0 Å². The van der Waals surface area contributed by atoms with E-state index in [-0.39, 0.29) is 19.8 Å². The standard InChI is InChI=1S/C17H25NO7/c1-2-24-17(23)11-3-5-12(6-4-11)25-8-7-18-9-14(20)16(22)15(21)13(18)10-19/h3-6,13-16,19-22H,2,7-10H2,1H3. The fourth-order valence-electron chi connectivity index (χ4n) is 2.82. The Labute approximate surface area is 146 Å². The second-order valence-electron chi connectivity index (χ2n) is 5.89. The molecule has 1 heterocycles. The van der Waals surface area contributed by atoms with Gasteiger partial charge in [0.25, 0.3) is 0 Å². The average molecular weight is 355 g/mol. The number of carbonyl (C=O) groups is 1. The summed E-state index contributed by atoms with van der Waals surface area (Å²) in [4.78, 5) is 13.2. The molecule has 8 heteroatoms. The van der Waals surface area contributed by atoms with Crippen molar-refractivity contribution < 1.29 is 34.7 Å². The van der Waals surface area contributed by atoms with Crippen molar-refractivity contribution in [3.8, 4) is 5.75 Å². The molecule has 0 amide bonds. The first-order valence-electron chi connectivity index (χ1n) is 8.27. The lowest BCUT2D eigenvalue weighted by molar-refractivity contribution is -0.146. The zero-order valence-electron chi connectivity index (χ0n) is 14.1. The molecule has 0 saturated carbocycles. The molecule has 2 rings (SSSR count). The lowest BCUT2D eigenvalue weighted by Crippen LogP contribution is -2.63. The number of nitrogens with zero attached hydrogens (tertiary/aromatic N) is 1. The minimum atomic E-state index is -1.27. The van der Waals surface area contributed by atoms with E-state index < -0.39 is 30.3 Å². The third kappa shape index (κ3) is 4.90. The van der Waals surface area contributed by atoms with Gasteiger partial charge in [-0.15, -0.1) is 0 Å². The Hall–Kier alpha value is -1.71. The predicted octanol–water partition coefficient (Wildman–Crippen LogP) is -0.999. The Morgan fingerprint density at radius 2 is 1.88 bits per heavy atom. The number of rotatable bonds is 7. The number of aliphatic hydroxyl groups excluding tert-OH is 4. The van der Waals surface area contributed by atoms with Crippen molar-refractivity contribution in [2.75, 3.05) is 32.9 Å². The molecule has 140 valence electrons. The highest BCUT2D eigenvalue weighted by Crippen LogP contribution is 2.19. The van der Waals surface area contributed by atoms with Crippen LogP contribution in [0.2, 0.25) is 0 Å². The van der Waals surface area contributed by atoms with E-state index in [1.54, 1.807) is 36.1 Å². The number of hydrogen-bond donors (Lipinski definition) is 4. The molecule has 1 saturated heterocycles. The summed E-state index contributed by atoms with van der Waals surface area (Å²) < 4.78 is 10.5. The van der Waals surface area contributed by atoms with Gasteiger partial charge >= 0.3 is 5.97 Å². The average Bonchev–Trinajstić information content (AvgIpc) is 2.61. The normalized spacial score (nSPS) is 27.1. The van der Waals surface area contributed by atoms with Crippen molar-refractivity contribution in [3.63, 3.8) is 0 Å². The molecule has 1 aromatic rings. The molecule has 1 aliphatic rings. The Bertz CT molecular complexity index is 550. The minimum absolute atomic E-state index is 0.134. The number of piperidine rings is 1. The molecule has 25 heavy (non-hydrogen) atoms. The summed E-state index contributed by atoms with van der Waals surface area (Å²) >= 11 is 0. The number of hydrogen-bond acceptors (Lipinski definition) is 8. The van der Waals surface area contributed by atoms with Crippen LogP contribution in [0.4, 0.5) is 0 Å². The Balaban J connectivity index is 1.86. The van der Waals surface area contributed by atoms with Gasteiger partial charge in [0.1, 0.15) is 24.6 Å². The first kappa shape index (κ1) is 19.6. The monoisotopic (exact) mass is 355 g/mol. The molecule has 1 aromatic carbocycles. The fourth-order valence-corrected chi connectivity index (χ4v) is 2.82. The van der Waals surface area contributed by atoms with Gasteiger partial charge in [-0.3, -0.25) is 4.90 Å². The Kier molecular flexibility index (Phi) is 7.15. The molecule has 4 unspecified atom stereocenters. The van der Waals surface area contributed by atoms with Crippen molar-refractivity contribution >= 4 is 5.97 Å². The van der Waals surface area contributed by atoms with Crippen LogP contribution in [-0.2, 0) is 4.74 Å². The fraction of sp³-hybridized carbons (Fsp3) is 0.588. The number of β-amino-alcohol motifs (C(OH)–C–C–N with tert-alkyl or cyclic N) is 1. The molecule has 0 radical (unpaired) electrons. The van der Waals surface area contributed by atoms with Crippen molar-refractivity contribution in [1.29, 1.82) is 0 Å². The summed E-state index contributed by atoms with van der Waals surface area (Å²) in [5.74, 6) is 0.168. The van der Waals surface area contributed by atoms with E-state index in [1.165, 1.54) is 0 Å². The number of likely N-dealkylation sites (tertiary alicyclic amines) is 1. The second kappa shape index (κ2) is 9.12. The highest BCUT2D eigenvalue weighted by molar-refractivity contribution is 5.89. The van der Waals surface area contributed by atoms with E-state index in [0.717, 1.165) is 0 Å². The SMILES string of the molecule is CCOC(=O)c1ccc(OCCN2CC(O)C(O)C(O)C2CO)cc1. The van der Waals surface area contributed by atoms with Gasteiger partial charge in [-0.05, 0) is 31.2 Å². The Morgan fingerprint density at radius 1 is 1.20 bits per heavy atom. The maximum atomic E-state index is 11.6. The number of ether oxygens (including phenoxy) is 2. The van der Waals surface area contributed by atoms with Gasteiger partial charge in [-0.25, -0.2) is 4.79 Å². The predicted molar refractivity (Wildman–Crippen MR) is 88.4 cm³/mol. The first-order valence-corrected chi connectivity index (χ1v) is 8.27. The van der Waals surface area contributed by atoms with E-state index in [0.29, 0.717) is 24.5 Å². The summed E-state index contributed by atoms with van der Waals surface area (Å²) in [6.45, 7) is 2.46. The summed E-state index contributed by atoms with van der Waals surface area (Å²) in [6.07, 6.45) is -3.58. The Morgan fingerprint density at radius 3 is 2.48 bits per heavy atom. The van der Waals surface area contributed by atoms with Crippen LogP contribution in [0, 0.1) is 0 Å². The number of aliphatic hydroxyl groups is 4. The highest BCUT2D eigenvalue weighted by atomic mass is 16.5. The molecule has 0 aliphatic carbocycles. The molecule has 1 aliphatic heterocycles. The molecule has 8 nitrogen and oxygen atoms in total. The molecular weight excluding hydrogens is 330 g/mol. The highest BCUT2D eigenvalue weighted by Gasteiger charge is 2.40. The molecule has 0 spiro atoms. The maximum absolute atomic E-state index is 11.6. The zero-order chi connectivity index (χ0) is 18.4.